The summed E-state index contributed by atoms with van der Waals surface area (Å²) in [6.45, 7) is 2.92. The summed E-state index contributed by atoms with van der Waals surface area (Å²) in [6, 6.07) is 2.63. The molecule has 2 aliphatic heterocycles. The van der Waals surface area contributed by atoms with Crippen LogP contribution in [-0.4, -0.2) is 41.5 Å². The molecule has 108 valence electrons. The van der Waals surface area contributed by atoms with E-state index < -0.39 is 0 Å². The van der Waals surface area contributed by atoms with E-state index in [1.165, 1.54) is 36.9 Å². The molecule has 1 aromatic rings. The molecule has 0 unspecified atom stereocenters. The molecule has 3 heterocycles. The third kappa shape index (κ3) is 2.06. The van der Waals surface area contributed by atoms with Crippen molar-refractivity contribution in [3.8, 4) is 0 Å². The van der Waals surface area contributed by atoms with E-state index in [1.807, 2.05) is 4.90 Å². The number of nitrogens with one attached hydrogen (secondary N) is 2. The SMILES string of the molecule is O=C(c1cc2c([nH]1)CCCC2)N1C[C@H]2CCCN[C@H]2C1. The van der Waals surface area contributed by atoms with Gasteiger partial charge in [-0.1, -0.05) is 0 Å². The lowest BCUT2D eigenvalue weighted by molar-refractivity contribution is 0.0780. The molecule has 0 aromatic carbocycles. The number of aromatic nitrogens is 1. The van der Waals surface area contributed by atoms with E-state index in [2.05, 4.69) is 16.4 Å². The summed E-state index contributed by atoms with van der Waals surface area (Å²) >= 11 is 0. The number of hydrogen-bond donors (Lipinski definition) is 2. The lowest BCUT2D eigenvalue weighted by Gasteiger charge is -2.24. The molecule has 2 fully saturated rings. The van der Waals surface area contributed by atoms with Gasteiger partial charge in [0.15, 0.2) is 0 Å². The van der Waals surface area contributed by atoms with Gasteiger partial charge in [0.05, 0.1) is 0 Å². The van der Waals surface area contributed by atoms with Crippen LogP contribution in [0.3, 0.4) is 0 Å². The minimum absolute atomic E-state index is 0.204. The standard InChI is InChI=1S/C16H23N3O/c20-16(14-8-11-4-1-2-6-13(11)18-14)19-9-12-5-3-7-17-15(12)10-19/h8,12,15,17-18H,1-7,9-10H2/t12-,15+/m1/s1. The Hall–Kier alpha value is -1.29. The van der Waals surface area contributed by atoms with Crippen molar-refractivity contribution >= 4 is 5.91 Å². The van der Waals surface area contributed by atoms with Gasteiger partial charge >= 0.3 is 0 Å². The van der Waals surface area contributed by atoms with Crippen LogP contribution in [0.2, 0.25) is 0 Å². The zero-order valence-corrected chi connectivity index (χ0v) is 12.0. The molecule has 3 aliphatic rings. The Balaban J connectivity index is 1.51. The quantitative estimate of drug-likeness (QED) is 0.818. The van der Waals surface area contributed by atoms with Crippen LogP contribution in [0.1, 0.15) is 47.4 Å². The third-order valence-corrected chi connectivity index (χ3v) is 5.23. The number of nitrogens with zero attached hydrogens (tertiary/aromatic N) is 1. The predicted molar refractivity (Wildman–Crippen MR) is 77.9 cm³/mol. The maximum Gasteiger partial charge on any atom is 0.270 e. The molecular formula is C16H23N3O. The molecule has 4 nitrogen and oxygen atoms in total. The maximum absolute atomic E-state index is 12.7. The van der Waals surface area contributed by atoms with Crippen molar-refractivity contribution in [3.63, 3.8) is 0 Å². The molecule has 4 heteroatoms. The Bertz CT molecular complexity index is 484. The average molecular weight is 273 g/mol. The Kier molecular flexibility index (Phi) is 3.06. The number of aromatic amines is 1. The van der Waals surface area contributed by atoms with Crippen molar-refractivity contribution in [2.75, 3.05) is 19.6 Å². The molecule has 0 radical (unpaired) electrons. The van der Waals surface area contributed by atoms with Crippen LogP contribution in [0.25, 0.3) is 0 Å². The normalized spacial score (nSPS) is 29.1. The molecule has 1 aromatic heterocycles. The molecule has 2 N–H and O–H groups in total. The maximum atomic E-state index is 12.7. The Morgan fingerprint density at radius 3 is 2.95 bits per heavy atom. The highest BCUT2D eigenvalue weighted by molar-refractivity contribution is 5.93. The molecule has 1 amide bonds. The summed E-state index contributed by atoms with van der Waals surface area (Å²) in [5.74, 6) is 0.868. The number of H-pyrrole nitrogens is 1. The van der Waals surface area contributed by atoms with Crippen LogP contribution < -0.4 is 5.32 Å². The van der Waals surface area contributed by atoms with E-state index in [0.717, 1.165) is 38.2 Å². The third-order valence-electron chi connectivity index (χ3n) is 5.23. The predicted octanol–water partition coefficient (Wildman–Crippen LogP) is 1.72. The van der Waals surface area contributed by atoms with Crippen molar-refractivity contribution in [2.24, 2.45) is 5.92 Å². The molecule has 20 heavy (non-hydrogen) atoms. The number of hydrogen-bond acceptors (Lipinski definition) is 2. The van der Waals surface area contributed by atoms with Gasteiger partial charge in [-0.3, -0.25) is 4.79 Å². The number of carbonyl (C=O) groups excluding carboxylic acids is 1. The van der Waals surface area contributed by atoms with Gasteiger partial charge in [0.1, 0.15) is 5.69 Å². The first-order valence-electron chi connectivity index (χ1n) is 8.04. The summed E-state index contributed by atoms with van der Waals surface area (Å²) < 4.78 is 0. The lowest BCUT2D eigenvalue weighted by Crippen LogP contribution is -2.41. The minimum atomic E-state index is 0.204. The fourth-order valence-electron chi connectivity index (χ4n) is 4.10. The second-order valence-electron chi connectivity index (χ2n) is 6.57. The lowest BCUT2D eigenvalue weighted by atomic mass is 9.94. The molecule has 0 saturated carbocycles. The Labute approximate surface area is 119 Å². The van der Waals surface area contributed by atoms with Gasteiger partial charge < -0.3 is 15.2 Å². The van der Waals surface area contributed by atoms with Gasteiger partial charge in [-0.2, -0.15) is 0 Å². The largest absolute Gasteiger partial charge is 0.354 e. The zero-order chi connectivity index (χ0) is 13.5. The van der Waals surface area contributed by atoms with E-state index in [9.17, 15) is 4.79 Å². The van der Waals surface area contributed by atoms with E-state index >= 15 is 0 Å². The summed E-state index contributed by atoms with van der Waals surface area (Å²) in [6.07, 6.45) is 7.26. The highest BCUT2D eigenvalue weighted by Crippen LogP contribution is 2.27. The van der Waals surface area contributed by atoms with Crippen molar-refractivity contribution in [1.82, 2.24) is 15.2 Å². The number of fused-ring (bicyclic) bond motifs is 2. The number of amides is 1. The van der Waals surface area contributed by atoms with Crippen molar-refractivity contribution in [2.45, 2.75) is 44.6 Å². The van der Waals surface area contributed by atoms with Crippen molar-refractivity contribution in [3.05, 3.63) is 23.0 Å². The zero-order valence-electron chi connectivity index (χ0n) is 12.0. The van der Waals surface area contributed by atoms with Crippen LogP contribution in [0.5, 0.6) is 0 Å². The number of piperidine rings is 1. The molecule has 0 bridgehead atoms. The van der Waals surface area contributed by atoms with Crippen LogP contribution in [0.4, 0.5) is 0 Å². The fraction of sp³-hybridized carbons (Fsp3) is 0.688. The first-order chi connectivity index (χ1) is 9.81. The fourth-order valence-corrected chi connectivity index (χ4v) is 4.10. The van der Waals surface area contributed by atoms with Crippen LogP contribution in [0, 0.1) is 5.92 Å². The molecule has 2 atom stereocenters. The number of carbonyl (C=O) groups is 1. The molecular weight excluding hydrogens is 250 g/mol. The van der Waals surface area contributed by atoms with Crippen LogP contribution in [0.15, 0.2) is 6.07 Å². The molecule has 0 spiro atoms. The van der Waals surface area contributed by atoms with Gasteiger partial charge in [-0.25, -0.2) is 0 Å². The van der Waals surface area contributed by atoms with E-state index in [1.54, 1.807) is 0 Å². The van der Waals surface area contributed by atoms with Gasteiger partial charge in [0, 0.05) is 24.8 Å². The van der Waals surface area contributed by atoms with E-state index in [4.69, 9.17) is 0 Å². The minimum Gasteiger partial charge on any atom is -0.354 e. The van der Waals surface area contributed by atoms with Gasteiger partial charge in [-0.15, -0.1) is 0 Å². The van der Waals surface area contributed by atoms with Crippen LogP contribution >= 0.6 is 0 Å². The summed E-state index contributed by atoms with van der Waals surface area (Å²) in [7, 11) is 0. The van der Waals surface area contributed by atoms with Gasteiger partial charge in [-0.05, 0) is 62.6 Å². The summed E-state index contributed by atoms with van der Waals surface area (Å²) in [5.41, 5.74) is 3.49. The average Bonchev–Trinajstić information content (AvgIpc) is 3.10. The molecule has 2 saturated heterocycles. The topological polar surface area (TPSA) is 48.1 Å². The van der Waals surface area contributed by atoms with E-state index in [-0.39, 0.29) is 5.91 Å². The number of rotatable bonds is 1. The second-order valence-corrected chi connectivity index (χ2v) is 6.57. The monoisotopic (exact) mass is 273 g/mol. The summed E-state index contributed by atoms with van der Waals surface area (Å²) in [4.78, 5) is 18.1. The van der Waals surface area contributed by atoms with Gasteiger partial charge in [0.25, 0.3) is 5.91 Å². The first kappa shape index (κ1) is 12.5. The molecule has 4 rings (SSSR count). The van der Waals surface area contributed by atoms with Crippen molar-refractivity contribution in [1.29, 1.82) is 0 Å². The Morgan fingerprint density at radius 2 is 2.10 bits per heavy atom. The molecule has 1 aliphatic carbocycles. The van der Waals surface area contributed by atoms with Crippen LogP contribution in [-0.2, 0) is 12.8 Å². The second kappa shape index (κ2) is 4.92. The number of likely N-dealkylation sites (tertiary alicyclic amines) is 1. The highest BCUT2D eigenvalue weighted by atomic mass is 16.2. The van der Waals surface area contributed by atoms with Crippen molar-refractivity contribution < 1.29 is 4.79 Å². The van der Waals surface area contributed by atoms with Gasteiger partial charge in [0.2, 0.25) is 0 Å². The number of aryl methyl sites for hydroxylation is 2. The van der Waals surface area contributed by atoms with E-state index in [0.29, 0.717) is 12.0 Å². The highest BCUT2D eigenvalue weighted by Gasteiger charge is 2.37. The Morgan fingerprint density at radius 1 is 1.20 bits per heavy atom. The summed E-state index contributed by atoms with van der Waals surface area (Å²) in [5, 5.41) is 3.56. The first-order valence-corrected chi connectivity index (χ1v) is 8.04. The smallest absolute Gasteiger partial charge is 0.270 e.